The Balaban J connectivity index is 2.09. The van der Waals surface area contributed by atoms with E-state index in [2.05, 4.69) is 5.32 Å². The van der Waals surface area contributed by atoms with Gasteiger partial charge in [0.1, 0.15) is 0 Å². The summed E-state index contributed by atoms with van der Waals surface area (Å²) in [5.74, 6) is -0.186. The number of nitrogens with one attached hydrogen (secondary N) is 1. The number of thioether (sulfide) groups is 1. The molecular formula is C19H20Cl2N2O2S. The Labute approximate surface area is 167 Å². The molecule has 1 N–H and O–H groups in total. The van der Waals surface area contributed by atoms with Crippen LogP contribution in [0.2, 0.25) is 10.0 Å². The van der Waals surface area contributed by atoms with Crippen molar-refractivity contribution in [2.45, 2.75) is 30.5 Å². The lowest BCUT2D eigenvalue weighted by molar-refractivity contribution is -0.128. The number of amides is 2. The van der Waals surface area contributed by atoms with E-state index in [9.17, 15) is 9.59 Å². The summed E-state index contributed by atoms with van der Waals surface area (Å²) in [5, 5.41) is 3.69. The van der Waals surface area contributed by atoms with Crippen LogP contribution in [-0.2, 0) is 16.1 Å². The first-order valence-corrected chi connectivity index (χ1v) is 9.63. The van der Waals surface area contributed by atoms with Crippen molar-refractivity contribution < 1.29 is 9.59 Å². The van der Waals surface area contributed by atoms with Gasteiger partial charge < -0.3 is 10.2 Å². The molecule has 4 nitrogen and oxygen atoms in total. The van der Waals surface area contributed by atoms with Crippen LogP contribution in [0.1, 0.15) is 19.4 Å². The molecule has 0 aliphatic rings. The highest BCUT2D eigenvalue weighted by molar-refractivity contribution is 8.00. The number of hydrogen-bond acceptors (Lipinski definition) is 3. The lowest BCUT2D eigenvalue weighted by Crippen LogP contribution is -2.26. The van der Waals surface area contributed by atoms with Crippen LogP contribution in [0, 0.1) is 0 Å². The molecule has 0 heterocycles. The largest absolute Gasteiger partial charge is 0.342 e. The summed E-state index contributed by atoms with van der Waals surface area (Å²) in [7, 11) is 1.72. The van der Waals surface area contributed by atoms with Gasteiger partial charge >= 0.3 is 0 Å². The van der Waals surface area contributed by atoms with Gasteiger partial charge in [-0.25, -0.2) is 0 Å². The maximum atomic E-state index is 12.6. The van der Waals surface area contributed by atoms with Gasteiger partial charge in [-0.2, -0.15) is 0 Å². The molecule has 0 aromatic heterocycles. The molecule has 0 radical (unpaired) electrons. The number of carbonyl (C=O) groups excluding carboxylic acids is 2. The van der Waals surface area contributed by atoms with Gasteiger partial charge in [0.25, 0.3) is 0 Å². The van der Waals surface area contributed by atoms with Gasteiger partial charge in [0.2, 0.25) is 11.8 Å². The number of nitrogens with zero attached hydrogens (tertiary/aromatic N) is 1. The number of rotatable bonds is 6. The fraction of sp³-hybridized carbons (Fsp3) is 0.263. The van der Waals surface area contributed by atoms with Crippen molar-refractivity contribution in [1.82, 2.24) is 4.90 Å². The number of carbonyl (C=O) groups is 2. The van der Waals surface area contributed by atoms with Gasteiger partial charge in [0.05, 0.1) is 10.3 Å². The van der Waals surface area contributed by atoms with E-state index in [1.54, 1.807) is 30.1 Å². The van der Waals surface area contributed by atoms with Crippen molar-refractivity contribution >= 4 is 52.5 Å². The Hall–Kier alpha value is -1.69. The Morgan fingerprint density at radius 1 is 1.19 bits per heavy atom. The molecule has 0 aliphatic carbocycles. The monoisotopic (exact) mass is 410 g/mol. The van der Waals surface area contributed by atoms with E-state index >= 15 is 0 Å². The van der Waals surface area contributed by atoms with Crippen LogP contribution >= 0.6 is 35.0 Å². The second kappa shape index (κ2) is 9.31. The van der Waals surface area contributed by atoms with E-state index in [0.717, 1.165) is 10.5 Å². The SMILES string of the molecule is CC(=O)N(C)Cc1ccccc1NC(=O)C(C)Sc1cc(Cl)ccc1Cl. The van der Waals surface area contributed by atoms with Gasteiger partial charge in [-0.15, -0.1) is 11.8 Å². The van der Waals surface area contributed by atoms with Crippen LogP contribution in [0.25, 0.3) is 0 Å². The van der Waals surface area contributed by atoms with E-state index < -0.39 is 0 Å². The predicted molar refractivity (Wildman–Crippen MR) is 109 cm³/mol. The lowest BCUT2D eigenvalue weighted by atomic mass is 10.1. The number of benzene rings is 2. The first-order chi connectivity index (χ1) is 12.3. The molecule has 2 rings (SSSR count). The molecule has 0 saturated carbocycles. The Morgan fingerprint density at radius 3 is 2.58 bits per heavy atom. The van der Waals surface area contributed by atoms with Crippen molar-refractivity contribution in [3.8, 4) is 0 Å². The Bertz CT molecular complexity index is 814. The quantitative estimate of drug-likeness (QED) is 0.674. The fourth-order valence-corrected chi connectivity index (χ4v) is 3.60. The molecule has 0 aliphatic heterocycles. The topological polar surface area (TPSA) is 49.4 Å². The van der Waals surface area contributed by atoms with Crippen molar-refractivity contribution in [3.05, 3.63) is 58.1 Å². The Kier molecular flexibility index (Phi) is 7.38. The lowest BCUT2D eigenvalue weighted by Gasteiger charge is -2.19. The van der Waals surface area contributed by atoms with Crippen molar-refractivity contribution in [2.75, 3.05) is 12.4 Å². The molecule has 1 atom stereocenters. The summed E-state index contributed by atoms with van der Waals surface area (Å²) in [6, 6.07) is 12.6. The highest BCUT2D eigenvalue weighted by Crippen LogP contribution is 2.33. The minimum atomic E-state index is -0.371. The van der Waals surface area contributed by atoms with Crippen LogP contribution in [0.5, 0.6) is 0 Å². The third kappa shape index (κ3) is 5.66. The van der Waals surface area contributed by atoms with E-state index in [1.807, 2.05) is 31.2 Å². The first-order valence-electron chi connectivity index (χ1n) is 8.00. The second-order valence-electron chi connectivity index (χ2n) is 5.86. The molecule has 7 heteroatoms. The van der Waals surface area contributed by atoms with E-state index in [0.29, 0.717) is 22.3 Å². The molecule has 2 aromatic rings. The number of para-hydroxylation sites is 1. The van der Waals surface area contributed by atoms with Gasteiger partial charge in [-0.1, -0.05) is 41.4 Å². The van der Waals surface area contributed by atoms with Crippen LogP contribution in [0.3, 0.4) is 0 Å². The zero-order valence-electron chi connectivity index (χ0n) is 14.8. The molecule has 0 fully saturated rings. The normalized spacial score (nSPS) is 11.7. The van der Waals surface area contributed by atoms with Crippen molar-refractivity contribution in [1.29, 1.82) is 0 Å². The summed E-state index contributed by atoms with van der Waals surface area (Å²) >= 11 is 13.5. The van der Waals surface area contributed by atoms with Gasteiger partial charge in [0.15, 0.2) is 0 Å². The maximum absolute atomic E-state index is 12.6. The van der Waals surface area contributed by atoms with Gasteiger partial charge in [0, 0.05) is 36.1 Å². The van der Waals surface area contributed by atoms with E-state index in [4.69, 9.17) is 23.2 Å². The van der Waals surface area contributed by atoms with Crippen LogP contribution in [0.4, 0.5) is 5.69 Å². The summed E-state index contributed by atoms with van der Waals surface area (Å²) < 4.78 is 0. The first kappa shape index (κ1) is 20.6. The molecular weight excluding hydrogens is 391 g/mol. The summed E-state index contributed by atoms with van der Waals surface area (Å²) in [5.41, 5.74) is 1.56. The summed E-state index contributed by atoms with van der Waals surface area (Å²) in [4.78, 5) is 26.4. The average molecular weight is 411 g/mol. The second-order valence-corrected chi connectivity index (χ2v) is 8.08. The van der Waals surface area contributed by atoms with Gasteiger partial charge in [-0.05, 0) is 36.8 Å². The molecule has 138 valence electrons. The molecule has 2 amide bonds. The zero-order chi connectivity index (χ0) is 19.3. The molecule has 0 spiro atoms. The highest BCUT2D eigenvalue weighted by atomic mass is 35.5. The predicted octanol–water partition coefficient (Wildman–Crippen LogP) is 5.09. The van der Waals surface area contributed by atoms with E-state index in [-0.39, 0.29) is 17.1 Å². The average Bonchev–Trinajstić information content (AvgIpc) is 2.59. The Morgan fingerprint density at radius 2 is 1.88 bits per heavy atom. The minimum absolute atomic E-state index is 0.0364. The third-order valence-electron chi connectivity index (χ3n) is 3.79. The maximum Gasteiger partial charge on any atom is 0.237 e. The fourth-order valence-electron chi connectivity index (χ4n) is 2.19. The molecule has 0 bridgehead atoms. The summed E-state index contributed by atoms with van der Waals surface area (Å²) in [6.45, 7) is 3.74. The molecule has 1 unspecified atom stereocenters. The smallest absolute Gasteiger partial charge is 0.237 e. The highest BCUT2D eigenvalue weighted by Gasteiger charge is 2.18. The van der Waals surface area contributed by atoms with Crippen LogP contribution in [-0.4, -0.2) is 29.0 Å². The number of anilines is 1. The molecule has 26 heavy (non-hydrogen) atoms. The number of hydrogen-bond donors (Lipinski definition) is 1. The minimum Gasteiger partial charge on any atom is -0.342 e. The third-order valence-corrected chi connectivity index (χ3v) is 5.62. The van der Waals surface area contributed by atoms with Crippen LogP contribution < -0.4 is 5.32 Å². The molecule has 0 saturated heterocycles. The van der Waals surface area contributed by atoms with Crippen LogP contribution in [0.15, 0.2) is 47.4 Å². The van der Waals surface area contributed by atoms with E-state index in [1.165, 1.54) is 18.7 Å². The zero-order valence-corrected chi connectivity index (χ0v) is 17.1. The summed E-state index contributed by atoms with van der Waals surface area (Å²) in [6.07, 6.45) is 0. The van der Waals surface area contributed by atoms with Crippen molar-refractivity contribution in [2.24, 2.45) is 0 Å². The van der Waals surface area contributed by atoms with Crippen molar-refractivity contribution in [3.63, 3.8) is 0 Å². The molecule has 2 aromatic carbocycles. The number of halogens is 2. The van der Waals surface area contributed by atoms with Gasteiger partial charge in [-0.3, -0.25) is 9.59 Å². The standard InChI is InChI=1S/C19H20Cl2N2O2S/c1-12(26-18-10-15(20)8-9-16(18)21)19(25)22-17-7-5-4-6-14(17)11-23(3)13(2)24/h4-10,12H,11H2,1-3H3,(H,22,25).